The summed E-state index contributed by atoms with van der Waals surface area (Å²) in [6.07, 6.45) is 0.381. The molecule has 0 N–H and O–H groups in total. The zero-order chi connectivity index (χ0) is 9.85. The maximum Gasteiger partial charge on any atom is 0.324 e. The smallest absolute Gasteiger partial charge is 0.324 e. The van der Waals surface area contributed by atoms with Crippen LogP contribution >= 0.6 is 0 Å². The monoisotopic (exact) mass is 184 g/mol. The highest BCUT2D eigenvalue weighted by Gasteiger charge is 2.82. The summed E-state index contributed by atoms with van der Waals surface area (Å²) in [6.45, 7) is 3.70. The van der Waals surface area contributed by atoms with Crippen molar-refractivity contribution in [1.82, 2.24) is 0 Å². The van der Waals surface area contributed by atoms with Gasteiger partial charge in [0.25, 0.3) is 0 Å². The highest BCUT2D eigenvalue weighted by atomic mass is 16.6. The average Bonchev–Trinajstić information content (AvgIpc) is 2.68. The molecule has 1 saturated heterocycles. The van der Waals surface area contributed by atoms with Crippen LogP contribution in [0.4, 0.5) is 0 Å². The van der Waals surface area contributed by atoms with Crippen LogP contribution in [-0.4, -0.2) is 25.2 Å². The maximum absolute atomic E-state index is 11.4. The number of rotatable bonds is 1. The summed E-state index contributed by atoms with van der Waals surface area (Å²) < 4.78 is 9.64. The maximum atomic E-state index is 11.4. The first-order chi connectivity index (χ1) is 5.99. The van der Waals surface area contributed by atoms with Gasteiger partial charge in [0, 0.05) is 5.41 Å². The molecule has 1 saturated carbocycles. The van der Waals surface area contributed by atoms with E-state index in [1.165, 1.54) is 7.11 Å². The standard InChI is InChI=1S/C9H12O4/c1-5-8(2)4-9(8,6(10)12-3)7(11)13-5/h5H,4H2,1-3H3/t5-,8-,9-/m1/s1. The molecule has 0 unspecified atom stereocenters. The summed E-state index contributed by atoms with van der Waals surface area (Å²) in [4.78, 5) is 22.8. The first kappa shape index (κ1) is 8.53. The van der Waals surface area contributed by atoms with Crippen LogP contribution < -0.4 is 0 Å². The third-order valence-electron chi connectivity index (χ3n) is 3.55. The molecule has 2 fully saturated rings. The van der Waals surface area contributed by atoms with Crippen molar-refractivity contribution in [3.63, 3.8) is 0 Å². The molecule has 0 aromatic carbocycles. The van der Waals surface area contributed by atoms with Crippen molar-refractivity contribution in [2.75, 3.05) is 7.11 Å². The van der Waals surface area contributed by atoms with E-state index in [0.717, 1.165) is 0 Å². The predicted octanol–water partition coefficient (Wildman–Crippen LogP) is 0.501. The Morgan fingerprint density at radius 2 is 2.31 bits per heavy atom. The van der Waals surface area contributed by atoms with Crippen LogP contribution in [0.1, 0.15) is 20.3 Å². The van der Waals surface area contributed by atoms with Gasteiger partial charge in [-0.3, -0.25) is 9.59 Å². The number of hydrogen-bond acceptors (Lipinski definition) is 4. The molecule has 2 aliphatic rings. The molecule has 1 aliphatic heterocycles. The number of carbonyl (C=O) groups excluding carboxylic acids is 2. The van der Waals surface area contributed by atoms with Gasteiger partial charge in [0.1, 0.15) is 6.10 Å². The minimum Gasteiger partial charge on any atom is -0.468 e. The third kappa shape index (κ3) is 0.677. The van der Waals surface area contributed by atoms with E-state index in [-0.39, 0.29) is 11.5 Å². The number of carbonyl (C=O) groups is 2. The Kier molecular flexibility index (Phi) is 1.35. The predicted molar refractivity (Wildman–Crippen MR) is 42.7 cm³/mol. The number of methoxy groups -OCH3 is 1. The molecular formula is C9H12O4. The van der Waals surface area contributed by atoms with Crippen molar-refractivity contribution in [2.45, 2.75) is 26.4 Å². The van der Waals surface area contributed by atoms with Gasteiger partial charge < -0.3 is 9.47 Å². The van der Waals surface area contributed by atoms with Crippen molar-refractivity contribution in [3.05, 3.63) is 0 Å². The fraction of sp³-hybridized carbons (Fsp3) is 0.778. The number of cyclic esters (lactones) is 1. The van der Waals surface area contributed by atoms with Crippen LogP contribution in [0.15, 0.2) is 0 Å². The van der Waals surface area contributed by atoms with Crippen molar-refractivity contribution in [2.24, 2.45) is 10.8 Å². The zero-order valence-corrected chi connectivity index (χ0v) is 7.92. The minimum atomic E-state index is -0.985. The summed E-state index contributed by atoms with van der Waals surface area (Å²) >= 11 is 0. The number of fused-ring (bicyclic) bond motifs is 1. The van der Waals surface area contributed by atoms with E-state index in [1.54, 1.807) is 0 Å². The molecule has 4 heteroatoms. The van der Waals surface area contributed by atoms with Crippen molar-refractivity contribution < 1.29 is 19.1 Å². The summed E-state index contributed by atoms with van der Waals surface area (Å²) in [6, 6.07) is 0. The third-order valence-corrected chi connectivity index (χ3v) is 3.55. The van der Waals surface area contributed by atoms with Gasteiger partial charge in [0.15, 0.2) is 5.41 Å². The second kappa shape index (κ2) is 2.05. The van der Waals surface area contributed by atoms with E-state index in [1.807, 2.05) is 13.8 Å². The molecule has 72 valence electrons. The Morgan fingerprint density at radius 1 is 1.69 bits per heavy atom. The van der Waals surface area contributed by atoms with Crippen LogP contribution in [-0.2, 0) is 19.1 Å². The lowest BCUT2D eigenvalue weighted by molar-refractivity contribution is -0.159. The van der Waals surface area contributed by atoms with E-state index in [9.17, 15) is 9.59 Å². The molecule has 2 rings (SSSR count). The fourth-order valence-corrected chi connectivity index (χ4v) is 2.26. The van der Waals surface area contributed by atoms with Gasteiger partial charge in [-0.1, -0.05) is 6.92 Å². The van der Waals surface area contributed by atoms with Gasteiger partial charge in [-0.15, -0.1) is 0 Å². The summed E-state index contributed by atoms with van der Waals surface area (Å²) in [5.74, 6) is -0.876. The summed E-state index contributed by atoms with van der Waals surface area (Å²) in [5.41, 5.74) is -1.32. The molecule has 0 aromatic rings. The lowest BCUT2D eigenvalue weighted by atomic mass is 9.93. The van der Waals surface area contributed by atoms with Crippen LogP contribution in [0.5, 0.6) is 0 Å². The van der Waals surface area contributed by atoms with Gasteiger partial charge in [0.05, 0.1) is 7.11 Å². The molecular weight excluding hydrogens is 172 g/mol. The van der Waals surface area contributed by atoms with Gasteiger partial charge in [-0.25, -0.2) is 0 Å². The van der Waals surface area contributed by atoms with E-state index in [0.29, 0.717) is 6.42 Å². The molecule has 0 bridgehead atoms. The highest BCUT2D eigenvalue weighted by Crippen LogP contribution is 2.71. The number of esters is 2. The minimum absolute atomic E-state index is 0.181. The van der Waals surface area contributed by atoms with Crippen LogP contribution in [0.3, 0.4) is 0 Å². The normalized spacial score (nSPS) is 46.7. The largest absolute Gasteiger partial charge is 0.468 e. The van der Waals surface area contributed by atoms with Crippen molar-refractivity contribution in [3.8, 4) is 0 Å². The number of hydrogen-bond donors (Lipinski definition) is 0. The second-order valence-corrected chi connectivity index (χ2v) is 4.04. The van der Waals surface area contributed by atoms with Gasteiger partial charge in [-0.05, 0) is 13.3 Å². The first-order valence-corrected chi connectivity index (χ1v) is 4.28. The Hall–Kier alpha value is -1.06. The van der Waals surface area contributed by atoms with Crippen LogP contribution in [0.25, 0.3) is 0 Å². The van der Waals surface area contributed by atoms with Gasteiger partial charge in [0.2, 0.25) is 0 Å². The SMILES string of the molecule is COC(=O)[C@@]12C[C@]1(C)[C@@H](C)OC2=O. The molecule has 1 aliphatic carbocycles. The summed E-state index contributed by atoms with van der Waals surface area (Å²) in [7, 11) is 1.30. The molecule has 0 aromatic heterocycles. The fourth-order valence-electron chi connectivity index (χ4n) is 2.26. The van der Waals surface area contributed by atoms with Crippen LogP contribution in [0, 0.1) is 10.8 Å². The molecule has 0 amide bonds. The average molecular weight is 184 g/mol. The second-order valence-electron chi connectivity index (χ2n) is 4.04. The molecule has 0 radical (unpaired) electrons. The molecule has 0 spiro atoms. The summed E-state index contributed by atoms with van der Waals surface area (Å²) in [5, 5.41) is 0. The van der Waals surface area contributed by atoms with Crippen molar-refractivity contribution in [1.29, 1.82) is 0 Å². The molecule has 13 heavy (non-hydrogen) atoms. The molecule has 4 nitrogen and oxygen atoms in total. The zero-order valence-electron chi connectivity index (χ0n) is 7.92. The Balaban J connectivity index is 2.37. The van der Waals surface area contributed by atoms with Crippen molar-refractivity contribution >= 4 is 11.9 Å². The van der Waals surface area contributed by atoms with E-state index < -0.39 is 17.4 Å². The first-order valence-electron chi connectivity index (χ1n) is 4.28. The Morgan fingerprint density at radius 3 is 2.62 bits per heavy atom. The molecule has 3 atom stereocenters. The van der Waals surface area contributed by atoms with Gasteiger partial charge >= 0.3 is 11.9 Å². The topological polar surface area (TPSA) is 52.6 Å². The lowest BCUT2D eigenvalue weighted by Crippen LogP contribution is -2.27. The highest BCUT2D eigenvalue weighted by molar-refractivity contribution is 6.06. The quantitative estimate of drug-likeness (QED) is 0.440. The van der Waals surface area contributed by atoms with E-state index in [4.69, 9.17) is 4.74 Å². The molecule has 1 heterocycles. The van der Waals surface area contributed by atoms with E-state index >= 15 is 0 Å². The lowest BCUT2D eigenvalue weighted by Gasteiger charge is -2.10. The Bertz CT molecular complexity index is 288. The number of ether oxygens (including phenoxy) is 2. The Labute approximate surface area is 76.2 Å². The van der Waals surface area contributed by atoms with Crippen LogP contribution in [0.2, 0.25) is 0 Å². The van der Waals surface area contributed by atoms with E-state index in [2.05, 4.69) is 4.74 Å². The van der Waals surface area contributed by atoms with Gasteiger partial charge in [-0.2, -0.15) is 0 Å².